The lowest BCUT2D eigenvalue weighted by atomic mass is 10.1. The number of nitrogens with zero attached hydrogens (tertiary/aromatic N) is 4. The maximum Gasteiger partial charge on any atom is 0.273 e. The first-order chi connectivity index (χ1) is 17.9. The first-order valence-electron chi connectivity index (χ1n) is 12.1. The van der Waals surface area contributed by atoms with Crippen LogP contribution in [0.4, 0.5) is 8.78 Å². The molecule has 1 fully saturated rings. The summed E-state index contributed by atoms with van der Waals surface area (Å²) in [5.41, 5.74) is 6.21. The molecule has 3 heterocycles. The predicted molar refractivity (Wildman–Crippen MR) is 141 cm³/mol. The lowest BCUT2D eigenvalue weighted by Crippen LogP contribution is -2.35. The summed E-state index contributed by atoms with van der Waals surface area (Å²) in [4.78, 5) is 20.3. The van der Waals surface area contributed by atoms with Crippen molar-refractivity contribution < 1.29 is 18.3 Å². The maximum atomic E-state index is 14.1. The van der Waals surface area contributed by atoms with Crippen molar-refractivity contribution in [2.75, 3.05) is 26.3 Å². The number of carbonyl (C=O) groups is 1. The molecule has 10 heteroatoms. The Morgan fingerprint density at radius 3 is 2.73 bits per heavy atom. The fraction of sp³-hybridized carbons (Fsp3) is 0.296. The van der Waals surface area contributed by atoms with Gasteiger partial charge >= 0.3 is 0 Å². The summed E-state index contributed by atoms with van der Waals surface area (Å²) in [5, 5.41) is 7.81. The fourth-order valence-corrected chi connectivity index (χ4v) is 5.22. The van der Waals surface area contributed by atoms with Gasteiger partial charge in [0.1, 0.15) is 16.6 Å². The topological polar surface area (TPSA) is 71.8 Å². The van der Waals surface area contributed by atoms with Crippen molar-refractivity contribution in [3.05, 3.63) is 76.4 Å². The number of aryl methyl sites for hydroxylation is 1. The Hall–Kier alpha value is -3.47. The Kier molecular flexibility index (Phi) is 7.40. The summed E-state index contributed by atoms with van der Waals surface area (Å²) in [6, 6.07) is 9.23. The van der Waals surface area contributed by atoms with Crippen LogP contribution in [0.15, 0.2) is 53.1 Å². The molecular weight excluding hydrogens is 496 g/mol. The lowest BCUT2D eigenvalue weighted by Gasteiger charge is -2.25. The first-order valence-corrected chi connectivity index (χ1v) is 13.0. The van der Waals surface area contributed by atoms with Gasteiger partial charge < -0.3 is 9.30 Å². The van der Waals surface area contributed by atoms with Gasteiger partial charge in [0.05, 0.1) is 30.2 Å². The molecule has 4 aromatic rings. The van der Waals surface area contributed by atoms with E-state index in [0.717, 1.165) is 72.1 Å². The molecule has 0 spiro atoms. The molecule has 1 saturated heterocycles. The molecule has 192 valence electrons. The highest BCUT2D eigenvalue weighted by molar-refractivity contribution is 7.13. The van der Waals surface area contributed by atoms with Gasteiger partial charge in [0.25, 0.3) is 5.91 Å². The number of hydrazone groups is 1. The Morgan fingerprint density at radius 2 is 1.97 bits per heavy atom. The Morgan fingerprint density at radius 1 is 1.16 bits per heavy atom. The third-order valence-electron chi connectivity index (χ3n) is 6.40. The van der Waals surface area contributed by atoms with E-state index in [1.165, 1.54) is 6.07 Å². The summed E-state index contributed by atoms with van der Waals surface area (Å²) in [7, 11) is 0. The highest BCUT2D eigenvalue weighted by Crippen LogP contribution is 2.30. The van der Waals surface area contributed by atoms with Crippen LogP contribution in [-0.2, 0) is 17.8 Å². The highest BCUT2D eigenvalue weighted by atomic mass is 32.1. The van der Waals surface area contributed by atoms with Crippen molar-refractivity contribution in [1.82, 2.24) is 19.9 Å². The summed E-state index contributed by atoms with van der Waals surface area (Å²) in [5.74, 6) is -1.82. The van der Waals surface area contributed by atoms with E-state index in [9.17, 15) is 13.6 Å². The number of ether oxygens (including phenoxy) is 1. The van der Waals surface area contributed by atoms with Crippen LogP contribution in [0.2, 0.25) is 0 Å². The average molecular weight is 524 g/mol. The molecule has 5 rings (SSSR count). The minimum Gasteiger partial charge on any atom is -0.379 e. The normalized spacial score (nSPS) is 14.9. The van der Waals surface area contributed by atoms with Gasteiger partial charge in [-0.15, -0.1) is 11.3 Å². The van der Waals surface area contributed by atoms with Crippen LogP contribution >= 0.6 is 11.3 Å². The van der Waals surface area contributed by atoms with Gasteiger partial charge in [0.2, 0.25) is 0 Å². The molecule has 0 unspecified atom stereocenters. The quantitative estimate of drug-likeness (QED) is 0.272. The van der Waals surface area contributed by atoms with E-state index in [1.807, 2.05) is 29.7 Å². The molecule has 2 aromatic heterocycles. The van der Waals surface area contributed by atoms with Crippen LogP contribution in [0.5, 0.6) is 0 Å². The number of benzene rings is 2. The SMILES string of the molecule is CCn1cc(C(=O)N/N=C(\C)c2ccc(F)cc2F)c2cc(-c3nc(CN4CCOCC4)cs3)ccc21. The zero-order chi connectivity index (χ0) is 25.9. The molecule has 1 aliphatic rings. The number of thiazole rings is 1. The Balaban J connectivity index is 1.40. The van der Waals surface area contributed by atoms with Gasteiger partial charge in [-0.2, -0.15) is 5.10 Å². The summed E-state index contributed by atoms with van der Waals surface area (Å²) in [6.07, 6.45) is 1.79. The van der Waals surface area contributed by atoms with Gasteiger partial charge in [-0.1, -0.05) is 0 Å². The minimum atomic E-state index is -0.737. The third-order valence-corrected chi connectivity index (χ3v) is 7.34. The van der Waals surface area contributed by atoms with Crippen LogP contribution in [0.25, 0.3) is 21.5 Å². The van der Waals surface area contributed by atoms with Gasteiger partial charge in [-0.05, 0) is 44.2 Å². The second-order valence-corrected chi connectivity index (χ2v) is 9.71. The molecule has 0 aliphatic carbocycles. The molecule has 0 saturated carbocycles. The number of hydrogen-bond donors (Lipinski definition) is 1. The van der Waals surface area contributed by atoms with E-state index >= 15 is 0 Å². The zero-order valence-electron chi connectivity index (χ0n) is 20.6. The van der Waals surface area contributed by atoms with Crippen LogP contribution < -0.4 is 5.43 Å². The van der Waals surface area contributed by atoms with Gasteiger partial charge in [0, 0.05) is 65.9 Å². The zero-order valence-corrected chi connectivity index (χ0v) is 21.4. The number of aromatic nitrogens is 2. The van der Waals surface area contributed by atoms with E-state index < -0.39 is 17.5 Å². The van der Waals surface area contributed by atoms with Crippen LogP contribution in [-0.4, -0.2) is 52.4 Å². The van der Waals surface area contributed by atoms with Crippen molar-refractivity contribution in [2.24, 2.45) is 5.10 Å². The van der Waals surface area contributed by atoms with Crippen LogP contribution in [0.3, 0.4) is 0 Å². The van der Waals surface area contributed by atoms with Crippen LogP contribution in [0, 0.1) is 11.6 Å². The third kappa shape index (κ3) is 5.46. The predicted octanol–water partition coefficient (Wildman–Crippen LogP) is 5.05. The number of fused-ring (bicyclic) bond motifs is 1. The fourth-order valence-electron chi connectivity index (χ4n) is 4.41. The maximum absolute atomic E-state index is 14.1. The average Bonchev–Trinajstić information content (AvgIpc) is 3.52. The number of carbonyl (C=O) groups excluding carboxylic acids is 1. The second-order valence-electron chi connectivity index (χ2n) is 8.86. The van der Waals surface area contributed by atoms with E-state index in [4.69, 9.17) is 9.72 Å². The van der Waals surface area contributed by atoms with Gasteiger partial charge in [0.15, 0.2) is 0 Å². The molecule has 1 aliphatic heterocycles. The van der Waals surface area contributed by atoms with E-state index in [1.54, 1.807) is 24.5 Å². The van der Waals surface area contributed by atoms with Crippen molar-refractivity contribution >= 4 is 33.9 Å². The number of rotatable bonds is 7. The summed E-state index contributed by atoms with van der Waals surface area (Å²) in [6.45, 7) is 8.33. The highest BCUT2D eigenvalue weighted by Gasteiger charge is 2.18. The second kappa shape index (κ2) is 10.9. The monoisotopic (exact) mass is 523 g/mol. The van der Waals surface area contributed by atoms with Crippen molar-refractivity contribution in [1.29, 1.82) is 0 Å². The molecule has 0 atom stereocenters. The molecule has 0 radical (unpaired) electrons. The number of hydrogen-bond acceptors (Lipinski definition) is 6. The Bertz CT molecular complexity index is 1470. The molecule has 37 heavy (non-hydrogen) atoms. The molecule has 0 bridgehead atoms. The van der Waals surface area contributed by atoms with E-state index in [-0.39, 0.29) is 11.3 Å². The largest absolute Gasteiger partial charge is 0.379 e. The van der Waals surface area contributed by atoms with E-state index in [2.05, 4.69) is 20.8 Å². The molecule has 1 N–H and O–H groups in total. The van der Waals surface area contributed by atoms with Crippen molar-refractivity contribution in [3.8, 4) is 10.6 Å². The smallest absolute Gasteiger partial charge is 0.273 e. The molecule has 1 amide bonds. The van der Waals surface area contributed by atoms with Crippen molar-refractivity contribution in [2.45, 2.75) is 26.9 Å². The minimum absolute atomic E-state index is 0.122. The van der Waals surface area contributed by atoms with Crippen molar-refractivity contribution in [3.63, 3.8) is 0 Å². The number of halogens is 2. The van der Waals surface area contributed by atoms with E-state index in [0.29, 0.717) is 12.1 Å². The number of morpholine rings is 1. The lowest BCUT2D eigenvalue weighted by molar-refractivity contribution is 0.0337. The molecule has 2 aromatic carbocycles. The number of nitrogens with one attached hydrogen (secondary N) is 1. The van der Waals surface area contributed by atoms with Gasteiger partial charge in [-0.25, -0.2) is 19.2 Å². The van der Waals surface area contributed by atoms with Gasteiger partial charge in [-0.3, -0.25) is 9.69 Å². The Labute approximate surface area is 217 Å². The standard InChI is InChI=1S/C27H27F2N5O2S/c1-3-34-15-23(26(35)32-31-17(2)21-6-5-19(28)13-24(21)29)22-12-18(4-7-25(22)34)27-30-20(16-37-27)14-33-8-10-36-11-9-33/h4-7,12-13,15-16H,3,8-11,14H2,1-2H3,(H,32,35)/b31-17+. The molecule has 7 nitrogen and oxygen atoms in total. The summed E-state index contributed by atoms with van der Waals surface area (Å²) >= 11 is 1.58. The first kappa shape index (κ1) is 25.2. The number of amides is 1. The van der Waals surface area contributed by atoms with Crippen LogP contribution in [0.1, 0.15) is 35.5 Å². The molecular formula is C27H27F2N5O2S. The summed E-state index contributed by atoms with van der Waals surface area (Å²) < 4.78 is 34.7.